The van der Waals surface area contributed by atoms with Crippen LogP contribution in [0.1, 0.15) is 36.0 Å². The number of amides is 2. The summed E-state index contributed by atoms with van der Waals surface area (Å²) < 4.78 is 0. The fourth-order valence-electron chi connectivity index (χ4n) is 4.83. The quantitative estimate of drug-likeness (QED) is 0.841. The van der Waals surface area contributed by atoms with Gasteiger partial charge in [0.1, 0.15) is 0 Å². The van der Waals surface area contributed by atoms with Gasteiger partial charge in [-0.15, -0.1) is 0 Å². The molecule has 1 N–H and O–H groups in total. The summed E-state index contributed by atoms with van der Waals surface area (Å²) in [7, 11) is 6.29. The number of anilines is 3. The number of carbonyl (C=O) groups is 2. The number of nitrogens with one attached hydrogen (secondary N) is 1. The van der Waals surface area contributed by atoms with Crippen molar-refractivity contribution in [3.05, 3.63) is 54.1 Å². The van der Waals surface area contributed by atoms with Gasteiger partial charge in [0, 0.05) is 12.1 Å². The van der Waals surface area contributed by atoms with Crippen molar-refractivity contribution in [3.63, 3.8) is 0 Å². The second-order valence-corrected chi connectivity index (χ2v) is 8.52. The van der Waals surface area contributed by atoms with Gasteiger partial charge in [0.25, 0.3) is 5.91 Å². The van der Waals surface area contributed by atoms with Crippen molar-refractivity contribution >= 4 is 28.9 Å². The molecule has 0 bridgehead atoms. The van der Waals surface area contributed by atoms with E-state index in [2.05, 4.69) is 29.2 Å². The number of para-hydroxylation sites is 3. The van der Waals surface area contributed by atoms with Crippen molar-refractivity contribution in [2.75, 3.05) is 37.9 Å². The molecular weight excluding hydrogens is 376 g/mol. The first kappa shape index (κ1) is 20.6. The molecule has 1 aliphatic heterocycles. The van der Waals surface area contributed by atoms with Crippen molar-refractivity contribution in [2.45, 2.75) is 37.8 Å². The van der Waals surface area contributed by atoms with Gasteiger partial charge in [0.15, 0.2) is 0 Å². The minimum absolute atomic E-state index is 0.0306. The van der Waals surface area contributed by atoms with Crippen LogP contribution in [0.25, 0.3) is 0 Å². The van der Waals surface area contributed by atoms with Gasteiger partial charge in [-0.25, -0.2) is 0 Å². The van der Waals surface area contributed by atoms with Crippen molar-refractivity contribution in [3.8, 4) is 0 Å². The van der Waals surface area contributed by atoms with E-state index in [4.69, 9.17) is 0 Å². The highest BCUT2D eigenvalue weighted by atomic mass is 16.2. The molecule has 30 heavy (non-hydrogen) atoms. The van der Waals surface area contributed by atoms with Gasteiger partial charge >= 0.3 is 0 Å². The third-order valence-corrected chi connectivity index (χ3v) is 6.34. The van der Waals surface area contributed by atoms with Crippen LogP contribution in [0.15, 0.2) is 48.5 Å². The number of fused-ring (bicyclic) bond motifs is 2. The van der Waals surface area contributed by atoms with Gasteiger partial charge in [-0.1, -0.05) is 37.1 Å². The van der Waals surface area contributed by atoms with Crippen LogP contribution in [-0.2, 0) is 4.79 Å². The number of nitrogens with zero attached hydrogens (tertiary/aromatic N) is 3. The van der Waals surface area contributed by atoms with E-state index < -0.39 is 0 Å². The molecule has 2 aromatic rings. The molecule has 2 aliphatic rings. The maximum atomic E-state index is 13.6. The van der Waals surface area contributed by atoms with E-state index in [1.54, 1.807) is 11.0 Å². The van der Waals surface area contributed by atoms with E-state index in [1.165, 1.54) is 12.8 Å². The minimum atomic E-state index is -0.193. The van der Waals surface area contributed by atoms with E-state index in [0.29, 0.717) is 41.3 Å². The zero-order valence-corrected chi connectivity index (χ0v) is 18.0. The Hall–Kier alpha value is -2.70. The summed E-state index contributed by atoms with van der Waals surface area (Å²) in [5, 5.41) is 2.95. The summed E-state index contributed by atoms with van der Waals surface area (Å²) in [6, 6.07) is 15.6. The third-order valence-electron chi connectivity index (χ3n) is 6.34. The smallest absolute Gasteiger partial charge is 0.257 e. The summed E-state index contributed by atoms with van der Waals surface area (Å²) in [5.74, 6) is -0.223. The lowest BCUT2D eigenvalue weighted by molar-refractivity contribution is -0.119. The van der Waals surface area contributed by atoms with Crippen molar-refractivity contribution in [1.82, 2.24) is 9.80 Å². The Balaban J connectivity index is 1.66. The summed E-state index contributed by atoms with van der Waals surface area (Å²) in [5.41, 5.74) is 2.50. The SMILES string of the molecule is CN(C)[C@H]1CCCC[C@@H]1N(C)CC(=O)N1c2ccccc2NC(=O)c2ccccc21. The fourth-order valence-corrected chi connectivity index (χ4v) is 4.83. The molecule has 2 amide bonds. The average Bonchev–Trinajstić information content (AvgIpc) is 2.87. The van der Waals surface area contributed by atoms with E-state index in [9.17, 15) is 9.59 Å². The lowest BCUT2D eigenvalue weighted by Crippen LogP contribution is -2.52. The molecule has 1 fully saturated rings. The molecule has 1 aliphatic carbocycles. The predicted molar refractivity (Wildman–Crippen MR) is 120 cm³/mol. The first-order valence-corrected chi connectivity index (χ1v) is 10.7. The van der Waals surface area contributed by atoms with Gasteiger partial charge < -0.3 is 10.2 Å². The molecule has 1 saturated carbocycles. The Labute approximate surface area is 178 Å². The highest BCUT2D eigenvalue weighted by molar-refractivity contribution is 6.17. The maximum Gasteiger partial charge on any atom is 0.257 e. The Morgan fingerprint density at radius 2 is 1.60 bits per heavy atom. The van der Waals surface area contributed by atoms with E-state index in [-0.39, 0.29) is 11.8 Å². The van der Waals surface area contributed by atoms with Crippen LogP contribution in [0.4, 0.5) is 17.1 Å². The van der Waals surface area contributed by atoms with Crippen LogP contribution in [0.2, 0.25) is 0 Å². The zero-order chi connectivity index (χ0) is 21.3. The van der Waals surface area contributed by atoms with Crippen LogP contribution < -0.4 is 10.2 Å². The summed E-state index contributed by atoms with van der Waals surface area (Å²) >= 11 is 0. The first-order chi connectivity index (χ1) is 14.5. The maximum absolute atomic E-state index is 13.6. The fraction of sp³-hybridized carbons (Fsp3) is 0.417. The largest absolute Gasteiger partial charge is 0.320 e. The number of likely N-dealkylation sites (N-methyl/N-ethyl adjacent to an activating group) is 2. The van der Waals surface area contributed by atoms with Crippen molar-refractivity contribution in [2.24, 2.45) is 0 Å². The third kappa shape index (κ3) is 3.85. The summed E-state index contributed by atoms with van der Waals surface area (Å²) in [6.07, 6.45) is 4.69. The van der Waals surface area contributed by atoms with Gasteiger partial charge in [0.05, 0.1) is 29.2 Å². The summed E-state index contributed by atoms with van der Waals surface area (Å²) in [6.45, 7) is 0.297. The molecule has 0 unspecified atom stereocenters. The molecule has 158 valence electrons. The molecule has 0 saturated heterocycles. The molecule has 2 atom stereocenters. The second kappa shape index (κ2) is 8.58. The number of hydrogen-bond acceptors (Lipinski definition) is 4. The van der Waals surface area contributed by atoms with Gasteiger partial charge in [-0.05, 0) is 58.3 Å². The monoisotopic (exact) mass is 406 g/mol. The molecule has 6 nitrogen and oxygen atoms in total. The second-order valence-electron chi connectivity index (χ2n) is 8.52. The number of hydrogen-bond donors (Lipinski definition) is 1. The normalized spacial score (nSPS) is 21.1. The van der Waals surface area contributed by atoms with Crippen LogP contribution in [0.5, 0.6) is 0 Å². The number of benzene rings is 2. The standard InChI is InChI=1S/C24H30N4O2/c1-26(2)21-14-8-9-15-22(21)27(3)16-23(29)28-19-12-6-4-10-17(19)24(30)25-18-11-5-7-13-20(18)28/h4-7,10-13,21-22H,8-9,14-16H2,1-3H3,(H,25,30)/t21-,22-/m0/s1. The van der Waals surface area contributed by atoms with E-state index in [0.717, 1.165) is 12.8 Å². The van der Waals surface area contributed by atoms with E-state index in [1.807, 2.05) is 49.5 Å². The lowest BCUT2D eigenvalue weighted by Gasteiger charge is -2.41. The highest BCUT2D eigenvalue weighted by Gasteiger charge is 2.33. The molecule has 0 aromatic heterocycles. The highest BCUT2D eigenvalue weighted by Crippen LogP contribution is 2.38. The van der Waals surface area contributed by atoms with Crippen LogP contribution >= 0.6 is 0 Å². The zero-order valence-electron chi connectivity index (χ0n) is 18.0. The number of rotatable bonds is 4. The average molecular weight is 407 g/mol. The predicted octanol–water partition coefficient (Wildman–Crippen LogP) is 3.72. The topological polar surface area (TPSA) is 55.9 Å². The lowest BCUT2D eigenvalue weighted by atomic mass is 9.88. The van der Waals surface area contributed by atoms with Gasteiger partial charge in [0.2, 0.25) is 5.91 Å². The molecule has 0 spiro atoms. The van der Waals surface area contributed by atoms with Crippen LogP contribution in [0.3, 0.4) is 0 Å². The van der Waals surface area contributed by atoms with Crippen molar-refractivity contribution < 1.29 is 9.59 Å². The Kier molecular flexibility index (Phi) is 5.88. The molecular formula is C24H30N4O2. The molecule has 0 radical (unpaired) electrons. The first-order valence-electron chi connectivity index (χ1n) is 10.7. The molecule has 2 aromatic carbocycles. The Morgan fingerprint density at radius 1 is 0.967 bits per heavy atom. The van der Waals surface area contributed by atoms with Crippen LogP contribution in [0, 0.1) is 0 Å². The minimum Gasteiger partial charge on any atom is -0.320 e. The van der Waals surface area contributed by atoms with Crippen molar-refractivity contribution in [1.29, 1.82) is 0 Å². The molecule has 6 heteroatoms. The number of carbonyl (C=O) groups excluding carboxylic acids is 2. The van der Waals surface area contributed by atoms with Gasteiger partial charge in [-0.3, -0.25) is 19.4 Å². The summed E-state index contributed by atoms with van der Waals surface area (Å²) in [4.78, 5) is 32.6. The Morgan fingerprint density at radius 3 is 2.33 bits per heavy atom. The molecule has 4 rings (SSSR count). The Bertz CT molecular complexity index is 942. The molecule has 1 heterocycles. The van der Waals surface area contributed by atoms with Gasteiger partial charge in [-0.2, -0.15) is 0 Å². The van der Waals surface area contributed by atoms with Crippen LogP contribution in [-0.4, -0.2) is 61.4 Å². The van der Waals surface area contributed by atoms with E-state index >= 15 is 0 Å².